The zero-order valence-corrected chi connectivity index (χ0v) is 16.0. The first-order valence-electron chi connectivity index (χ1n) is 8.85. The minimum atomic E-state index is -0.984. The highest BCUT2D eigenvalue weighted by Gasteiger charge is 2.38. The highest BCUT2D eigenvalue weighted by atomic mass is 32.2. The van der Waals surface area contributed by atoms with Crippen LogP contribution in [0.4, 0.5) is 0 Å². The highest BCUT2D eigenvalue weighted by Crippen LogP contribution is 2.49. The highest BCUT2D eigenvalue weighted by molar-refractivity contribution is 8.00. The molecule has 0 amide bonds. The van der Waals surface area contributed by atoms with E-state index in [1.165, 1.54) is 0 Å². The average molecular weight is 378 g/mol. The number of carboxylic acids is 1. The second-order valence-corrected chi connectivity index (χ2v) is 7.72. The molecule has 0 aliphatic rings. The Kier molecular flexibility index (Phi) is 5.99. The number of hydrogen-bond donors (Lipinski definition) is 2. The Balaban J connectivity index is 2.25. The summed E-state index contributed by atoms with van der Waals surface area (Å²) in [6.07, 6.45) is 0. The van der Waals surface area contributed by atoms with E-state index >= 15 is 0 Å². The van der Waals surface area contributed by atoms with Crippen LogP contribution in [-0.2, 0) is 9.54 Å². The zero-order chi connectivity index (χ0) is 19.3. The number of thioether (sulfide) groups is 1. The maximum absolute atomic E-state index is 11.4. The van der Waals surface area contributed by atoms with Crippen LogP contribution in [0.5, 0.6) is 0 Å². The van der Waals surface area contributed by atoms with Crippen molar-refractivity contribution < 1.29 is 9.90 Å². The zero-order valence-electron chi connectivity index (χ0n) is 15.2. The molecule has 3 rings (SSSR count). The fourth-order valence-electron chi connectivity index (χ4n) is 3.32. The van der Waals surface area contributed by atoms with Gasteiger partial charge in [0, 0.05) is 5.75 Å². The average Bonchev–Trinajstić information content (AvgIpc) is 2.71. The first-order chi connectivity index (χ1) is 13.1. The molecule has 1 unspecified atom stereocenters. The molecule has 0 fully saturated rings. The van der Waals surface area contributed by atoms with Crippen molar-refractivity contribution in [1.82, 2.24) is 0 Å². The quantitative estimate of drug-likeness (QED) is 0.598. The van der Waals surface area contributed by atoms with Gasteiger partial charge in [0.25, 0.3) is 0 Å². The van der Waals surface area contributed by atoms with Crippen molar-refractivity contribution in [2.24, 2.45) is 5.73 Å². The van der Waals surface area contributed by atoms with Crippen molar-refractivity contribution in [1.29, 1.82) is 0 Å². The lowest BCUT2D eigenvalue weighted by Gasteiger charge is -2.37. The molecule has 0 heterocycles. The number of benzene rings is 3. The van der Waals surface area contributed by atoms with Crippen LogP contribution < -0.4 is 5.73 Å². The molecule has 0 aliphatic heterocycles. The molecule has 0 saturated heterocycles. The number of aryl methyl sites for hydroxylation is 1. The van der Waals surface area contributed by atoms with Crippen molar-refractivity contribution >= 4 is 17.7 Å². The van der Waals surface area contributed by atoms with Gasteiger partial charge in [-0.2, -0.15) is 0 Å². The lowest BCUT2D eigenvalue weighted by atomic mass is 9.82. The maximum atomic E-state index is 11.4. The Morgan fingerprint density at radius 3 is 1.89 bits per heavy atom. The van der Waals surface area contributed by atoms with Crippen molar-refractivity contribution in [2.45, 2.75) is 17.7 Å². The Bertz CT molecular complexity index is 857. The summed E-state index contributed by atoms with van der Waals surface area (Å²) in [4.78, 5) is 11.4. The molecule has 0 aromatic heterocycles. The predicted molar refractivity (Wildman–Crippen MR) is 112 cm³/mol. The lowest BCUT2D eigenvalue weighted by molar-refractivity contribution is -0.137. The monoisotopic (exact) mass is 377 g/mol. The molecule has 0 radical (unpaired) electrons. The summed E-state index contributed by atoms with van der Waals surface area (Å²) >= 11 is 1.57. The Labute approximate surface area is 164 Å². The van der Waals surface area contributed by atoms with Gasteiger partial charge in [0.2, 0.25) is 0 Å². The molecule has 138 valence electrons. The van der Waals surface area contributed by atoms with Crippen LogP contribution in [0.25, 0.3) is 0 Å². The molecule has 0 saturated carbocycles. The largest absolute Gasteiger partial charge is 0.480 e. The van der Waals surface area contributed by atoms with Crippen molar-refractivity contribution in [3.63, 3.8) is 0 Å². The molecule has 27 heavy (non-hydrogen) atoms. The van der Waals surface area contributed by atoms with E-state index in [2.05, 4.69) is 43.3 Å². The molecule has 1 atom stereocenters. The molecule has 3 nitrogen and oxygen atoms in total. The minimum absolute atomic E-state index is 0.299. The molecule has 4 heteroatoms. The van der Waals surface area contributed by atoms with Gasteiger partial charge < -0.3 is 10.8 Å². The van der Waals surface area contributed by atoms with E-state index in [9.17, 15) is 9.90 Å². The SMILES string of the molecule is Cc1ccccc1C(SCC(N)C(=O)O)(c1ccccc1)c1ccccc1. The molecular weight excluding hydrogens is 354 g/mol. The summed E-state index contributed by atoms with van der Waals surface area (Å²) in [7, 11) is 0. The molecule has 0 bridgehead atoms. The van der Waals surface area contributed by atoms with Crippen LogP contribution in [0.2, 0.25) is 0 Å². The standard InChI is InChI=1S/C23H23NO2S/c1-17-10-8-9-15-20(17)23(18-11-4-2-5-12-18,19-13-6-3-7-14-19)27-16-21(24)22(25)26/h2-15,21H,16,24H2,1H3,(H,25,26). The van der Waals surface area contributed by atoms with Gasteiger partial charge in [-0.15, -0.1) is 11.8 Å². The molecule has 0 aliphatic carbocycles. The van der Waals surface area contributed by atoms with E-state index < -0.39 is 16.8 Å². The third kappa shape index (κ3) is 3.92. The van der Waals surface area contributed by atoms with E-state index in [-0.39, 0.29) is 0 Å². The summed E-state index contributed by atoms with van der Waals surface area (Å²) in [6.45, 7) is 2.09. The van der Waals surface area contributed by atoms with Crippen molar-refractivity contribution in [3.05, 3.63) is 107 Å². The molecule has 3 N–H and O–H groups in total. The molecular formula is C23H23NO2S. The Morgan fingerprint density at radius 2 is 1.41 bits per heavy atom. The van der Waals surface area contributed by atoms with Gasteiger partial charge in [-0.05, 0) is 29.2 Å². The van der Waals surface area contributed by atoms with Gasteiger partial charge in [-0.25, -0.2) is 0 Å². The Hall–Kier alpha value is -2.56. The van der Waals surface area contributed by atoms with Crippen molar-refractivity contribution in [3.8, 4) is 0 Å². The Morgan fingerprint density at radius 1 is 0.926 bits per heavy atom. The number of nitrogens with two attached hydrogens (primary N) is 1. The van der Waals surface area contributed by atoms with Gasteiger partial charge in [-0.1, -0.05) is 84.9 Å². The summed E-state index contributed by atoms with van der Waals surface area (Å²) < 4.78 is -0.541. The second-order valence-electron chi connectivity index (χ2n) is 6.48. The fourth-order valence-corrected chi connectivity index (χ4v) is 4.88. The first-order valence-corrected chi connectivity index (χ1v) is 9.84. The minimum Gasteiger partial charge on any atom is -0.480 e. The van der Waals surface area contributed by atoms with Gasteiger partial charge in [0.15, 0.2) is 0 Å². The molecule has 0 spiro atoms. The van der Waals surface area contributed by atoms with Gasteiger partial charge in [0.1, 0.15) is 6.04 Å². The molecule has 3 aromatic rings. The maximum Gasteiger partial charge on any atom is 0.321 e. The van der Waals surface area contributed by atoms with Gasteiger partial charge in [0.05, 0.1) is 4.75 Å². The number of hydrogen-bond acceptors (Lipinski definition) is 3. The first kappa shape index (κ1) is 19.2. The lowest BCUT2D eigenvalue weighted by Crippen LogP contribution is -2.36. The van der Waals surface area contributed by atoms with Gasteiger partial charge in [-0.3, -0.25) is 4.79 Å². The normalized spacial score (nSPS) is 12.5. The third-order valence-corrected chi connectivity index (χ3v) is 6.33. The smallest absolute Gasteiger partial charge is 0.321 e. The second kappa shape index (κ2) is 8.42. The molecule has 3 aromatic carbocycles. The number of carbonyl (C=O) groups is 1. The van der Waals surface area contributed by atoms with Gasteiger partial charge >= 0.3 is 5.97 Å². The fraction of sp³-hybridized carbons (Fsp3) is 0.174. The van der Waals surface area contributed by atoms with Crippen LogP contribution in [0.15, 0.2) is 84.9 Å². The third-order valence-electron chi connectivity index (χ3n) is 4.68. The van der Waals surface area contributed by atoms with E-state index in [0.717, 1.165) is 22.3 Å². The topological polar surface area (TPSA) is 63.3 Å². The number of rotatable bonds is 7. The van der Waals surface area contributed by atoms with E-state index in [1.54, 1.807) is 11.8 Å². The summed E-state index contributed by atoms with van der Waals surface area (Å²) in [5.41, 5.74) is 10.4. The van der Waals surface area contributed by atoms with Crippen molar-refractivity contribution in [2.75, 3.05) is 5.75 Å². The summed E-state index contributed by atoms with van der Waals surface area (Å²) in [5.74, 6) is -0.685. The number of aliphatic carboxylic acids is 1. The summed E-state index contributed by atoms with van der Waals surface area (Å²) in [5, 5.41) is 9.31. The van der Waals surface area contributed by atoms with Crippen LogP contribution >= 0.6 is 11.8 Å². The number of carboxylic acid groups (broad SMARTS) is 1. The van der Waals surface area contributed by atoms with Crippen LogP contribution in [0.3, 0.4) is 0 Å². The van der Waals surface area contributed by atoms with E-state index in [0.29, 0.717) is 5.75 Å². The predicted octanol–water partition coefficient (Wildman–Crippen LogP) is 4.43. The van der Waals surface area contributed by atoms with Crippen LogP contribution in [0, 0.1) is 6.92 Å². The van der Waals surface area contributed by atoms with E-state index in [4.69, 9.17) is 5.73 Å². The van der Waals surface area contributed by atoms with Crippen LogP contribution in [-0.4, -0.2) is 22.9 Å². The summed E-state index contributed by atoms with van der Waals surface area (Å²) in [6, 6.07) is 27.8. The van der Waals surface area contributed by atoms with E-state index in [1.807, 2.05) is 48.5 Å². The van der Waals surface area contributed by atoms with Crippen LogP contribution in [0.1, 0.15) is 22.3 Å².